The lowest BCUT2D eigenvalue weighted by Crippen LogP contribution is -2.08. The van der Waals surface area contributed by atoms with Gasteiger partial charge >= 0.3 is 0 Å². The molecule has 0 saturated heterocycles. The molecule has 102 valence electrons. The van der Waals surface area contributed by atoms with Gasteiger partial charge in [0.25, 0.3) is 0 Å². The number of benzene rings is 2. The van der Waals surface area contributed by atoms with Crippen LogP contribution >= 0.6 is 23.8 Å². The minimum Gasteiger partial charge on any atom is -0.378 e. The van der Waals surface area contributed by atoms with Crippen LogP contribution in [0.3, 0.4) is 0 Å². The Hall–Kier alpha value is -1.78. The molecule has 5 heteroatoms. The van der Waals surface area contributed by atoms with Crippen LogP contribution < -0.4 is 4.90 Å². The molecule has 0 unspecified atom stereocenters. The zero-order chi connectivity index (χ0) is 14.3. The van der Waals surface area contributed by atoms with E-state index in [4.69, 9.17) is 23.8 Å². The molecule has 0 aliphatic heterocycles. The number of fused-ring (bicyclic) bond motifs is 1. The summed E-state index contributed by atoms with van der Waals surface area (Å²) in [6, 6.07) is 14.0. The van der Waals surface area contributed by atoms with Crippen molar-refractivity contribution in [2.75, 3.05) is 19.0 Å². The molecule has 0 bridgehead atoms. The highest BCUT2D eigenvalue weighted by molar-refractivity contribution is 7.71. The molecule has 2 aromatic carbocycles. The molecule has 3 nitrogen and oxygen atoms in total. The van der Waals surface area contributed by atoms with Crippen molar-refractivity contribution in [3.8, 4) is 5.69 Å². The first-order valence-electron chi connectivity index (χ1n) is 6.24. The van der Waals surface area contributed by atoms with Crippen molar-refractivity contribution >= 4 is 40.5 Å². The topological polar surface area (TPSA) is 24.0 Å². The molecule has 0 atom stereocenters. The number of halogens is 1. The number of imidazole rings is 1. The number of nitrogens with one attached hydrogen (secondary N) is 1. The fourth-order valence-corrected chi connectivity index (χ4v) is 2.71. The number of nitrogens with zero attached hydrogens (tertiary/aromatic N) is 2. The molecule has 20 heavy (non-hydrogen) atoms. The first kappa shape index (κ1) is 13.2. The molecule has 1 N–H and O–H groups in total. The van der Waals surface area contributed by atoms with Crippen molar-refractivity contribution in [2.45, 2.75) is 0 Å². The van der Waals surface area contributed by atoms with Gasteiger partial charge < -0.3 is 9.88 Å². The molecule has 3 rings (SSSR count). The zero-order valence-electron chi connectivity index (χ0n) is 11.2. The van der Waals surface area contributed by atoms with Gasteiger partial charge in [0.1, 0.15) is 0 Å². The summed E-state index contributed by atoms with van der Waals surface area (Å²) >= 11 is 11.5. The largest absolute Gasteiger partial charge is 0.378 e. The smallest absolute Gasteiger partial charge is 0.182 e. The van der Waals surface area contributed by atoms with E-state index >= 15 is 0 Å². The summed E-state index contributed by atoms with van der Waals surface area (Å²) in [5.41, 5.74) is 4.14. The Morgan fingerprint density at radius 2 is 1.80 bits per heavy atom. The first-order valence-corrected chi connectivity index (χ1v) is 7.03. The predicted molar refractivity (Wildman–Crippen MR) is 87.8 cm³/mol. The van der Waals surface area contributed by atoms with E-state index in [-0.39, 0.29) is 0 Å². The zero-order valence-corrected chi connectivity index (χ0v) is 12.8. The van der Waals surface area contributed by atoms with E-state index < -0.39 is 0 Å². The van der Waals surface area contributed by atoms with Gasteiger partial charge in [0, 0.05) is 30.5 Å². The van der Waals surface area contributed by atoms with Crippen LogP contribution in [0.1, 0.15) is 0 Å². The van der Waals surface area contributed by atoms with Crippen molar-refractivity contribution in [1.29, 1.82) is 0 Å². The van der Waals surface area contributed by atoms with Gasteiger partial charge in [0.2, 0.25) is 0 Å². The molecular weight excluding hydrogens is 290 g/mol. The quantitative estimate of drug-likeness (QED) is 0.709. The average molecular weight is 304 g/mol. The number of H-pyrrole nitrogens is 1. The van der Waals surface area contributed by atoms with Crippen molar-refractivity contribution in [3.05, 3.63) is 52.3 Å². The highest BCUT2D eigenvalue weighted by atomic mass is 35.5. The van der Waals surface area contributed by atoms with Gasteiger partial charge in [0.15, 0.2) is 4.77 Å². The molecule has 0 aliphatic carbocycles. The van der Waals surface area contributed by atoms with E-state index in [2.05, 4.69) is 34.1 Å². The van der Waals surface area contributed by atoms with E-state index in [9.17, 15) is 0 Å². The van der Waals surface area contributed by atoms with Crippen LogP contribution in [-0.4, -0.2) is 23.6 Å². The van der Waals surface area contributed by atoms with Crippen LogP contribution in [0, 0.1) is 4.77 Å². The third kappa shape index (κ3) is 2.21. The summed E-state index contributed by atoms with van der Waals surface area (Å²) in [5, 5.41) is 0.699. The Labute approximate surface area is 127 Å². The summed E-state index contributed by atoms with van der Waals surface area (Å²) < 4.78 is 2.66. The Bertz CT molecular complexity index is 815. The van der Waals surface area contributed by atoms with Crippen LogP contribution in [0.25, 0.3) is 16.7 Å². The third-order valence-electron chi connectivity index (χ3n) is 3.27. The molecule has 1 aromatic heterocycles. The molecular formula is C15H14ClN3S. The molecule has 0 saturated carbocycles. The average Bonchev–Trinajstić information content (AvgIpc) is 2.74. The highest BCUT2D eigenvalue weighted by Gasteiger charge is 2.07. The number of aromatic amines is 1. The predicted octanol–water partition coefficient (Wildman–Crippen LogP) is 4.41. The monoisotopic (exact) mass is 303 g/mol. The number of hydrogen-bond donors (Lipinski definition) is 1. The normalized spacial score (nSPS) is 10.9. The fourth-order valence-electron chi connectivity index (χ4n) is 2.23. The van der Waals surface area contributed by atoms with E-state index in [1.165, 1.54) is 0 Å². The Morgan fingerprint density at radius 3 is 2.45 bits per heavy atom. The second-order valence-electron chi connectivity index (χ2n) is 4.84. The molecule has 0 radical (unpaired) electrons. The van der Waals surface area contributed by atoms with Gasteiger partial charge in [0.05, 0.1) is 11.0 Å². The van der Waals surface area contributed by atoms with E-state index in [1.807, 2.05) is 36.9 Å². The van der Waals surface area contributed by atoms with E-state index in [0.717, 1.165) is 22.4 Å². The lowest BCUT2D eigenvalue weighted by molar-refractivity contribution is 1.06. The van der Waals surface area contributed by atoms with Crippen LogP contribution in [0.4, 0.5) is 5.69 Å². The Morgan fingerprint density at radius 1 is 1.10 bits per heavy atom. The third-order valence-corrected chi connectivity index (χ3v) is 3.79. The lowest BCUT2D eigenvalue weighted by Gasteiger charge is -2.13. The molecule has 0 aliphatic rings. The van der Waals surface area contributed by atoms with Gasteiger partial charge in [-0.1, -0.05) is 11.6 Å². The number of hydrogen-bond acceptors (Lipinski definition) is 2. The maximum absolute atomic E-state index is 6.09. The van der Waals surface area contributed by atoms with Crippen LogP contribution in [0.2, 0.25) is 5.02 Å². The Balaban J connectivity index is 2.21. The minimum absolute atomic E-state index is 0.667. The maximum Gasteiger partial charge on any atom is 0.182 e. The molecule has 1 heterocycles. The van der Waals surface area contributed by atoms with Crippen LogP contribution in [0.15, 0.2) is 42.5 Å². The maximum atomic E-state index is 6.09. The SMILES string of the molecule is CN(C)c1ccc(-n2c(=S)[nH]c3ccc(Cl)cc32)cc1. The van der Waals surface area contributed by atoms with Gasteiger partial charge in [-0.15, -0.1) is 0 Å². The standard InChI is InChI=1S/C15H14ClN3S/c1-18(2)11-4-6-12(7-5-11)19-14-9-10(16)3-8-13(14)17-15(19)20/h3-9H,1-2H3,(H,17,20). The van der Waals surface area contributed by atoms with Crippen LogP contribution in [0.5, 0.6) is 0 Å². The van der Waals surface area contributed by atoms with E-state index in [0.29, 0.717) is 9.79 Å². The summed E-state index contributed by atoms with van der Waals surface area (Å²) in [4.78, 5) is 5.26. The van der Waals surface area contributed by atoms with Crippen LogP contribution in [-0.2, 0) is 0 Å². The summed E-state index contributed by atoms with van der Waals surface area (Å²) in [5.74, 6) is 0. The van der Waals surface area contributed by atoms with Gasteiger partial charge in [-0.3, -0.25) is 4.57 Å². The van der Waals surface area contributed by atoms with E-state index in [1.54, 1.807) is 0 Å². The highest BCUT2D eigenvalue weighted by Crippen LogP contribution is 2.24. The van der Waals surface area contributed by atoms with Gasteiger partial charge in [-0.25, -0.2) is 0 Å². The van der Waals surface area contributed by atoms with Gasteiger partial charge in [-0.05, 0) is 54.7 Å². The number of aromatic nitrogens is 2. The van der Waals surface area contributed by atoms with Crippen molar-refractivity contribution in [1.82, 2.24) is 9.55 Å². The first-order chi connectivity index (χ1) is 9.56. The second-order valence-corrected chi connectivity index (χ2v) is 5.66. The number of anilines is 1. The fraction of sp³-hybridized carbons (Fsp3) is 0.133. The molecule has 0 spiro atoms. The summed E-state index contributed by atoms with van der Waals surface area (Å²) in [6.45, 7) is 0. The summed E-state index contributed by atoms with van der Waals surface area (Å²) in [6.07, 6.45) is 0. The lowest BCUT2D eigenvalue weighted by atomic mass is 10.2. The van der Waals surface area contributed by atoms with Crippen molar-refractivity contribution in [2.24, 2.45) is 0 Å². The molecule has 0 fully saturated rings. The van der Waals surface area contributed by atoms with Crippen molar-refractivity contribution in [3.63, 3.8) is 0 Å². The second kappa shape index (κ2) is 4.96. The molecule has 0 amide bonds. The molecule has 3 aromatic rings. The number of rotatable bonds is 2. The summed E-state index contributed by atoms with van der Waals surface area (Å²) in [7, 11) is 4.04. The minimum atomic E-state index is 0.667. The van der Waals surface area contributed by atoms with Gasteiger partial charge in [-0.2, -0.15) is 0 Å². The van der Waals surface area contributed by atoms with Crippen molar-refractivity contribution < 1.29 is 0 Å². The Kier molecular flexibility index (Phi) is 3.28.